The summed E-state index contributed by atoms with van der Waals surface area (Å²) in [7, 11) is 0. The molecule has 3 aliphatic rings. The third kappa shape index (κ3) is 2.97. The maximum atomic E-state index is 13.7. The predicted octanol–water partition coefficient (Wildman–Crippen LogP) is 1.94. The van der Waals surface area contributed by atoms with E-state index < -0.39 is 5.82 Å². The van der Waals surface area contributed by atoms with Crippen LogP contribution in [-0.4, -0.2) is 29.3 Å². The number of carbonyl (C=O) groups excluding carboxylic acids is 1. The van der Waals surface area contributed by atoms with Crippen molar-refractivity contribution in [2.24, 2.45) is 5.10 Å². The highest BCUT2D eigenvalue weighted by Gasteiger charge is 2.31. The van der Waals surface area contributed by atoms with E-state index >= 15 is 0 Å². The smallest absolute Gasteiger partial charge is 0.275 e. The molecule has 1 atom stereocenters. The maximum Gasteiger partial charge on any atom is 0.275 e. The van der Waals surface area contributed by atoms with Gasteiger partial charge in [-0.3, -0.25) is 4.79 Å². The molecule has 0 radical (unpaired) electrons. The summed E-state index contributed by atoms with van der Waals surface area (Å²) in [5, 5.41) is 15.0. The molecule has 3 aliphatic heterocycles. The van der Waals surface area contributed by atoms with E-state index in [0.29, 0.717) is 29.2 Å². The molecule has 0 fully saturated rings. The highest BCUT2D eigenvalue weighted by molar-refractivity contribution is 6.35. The van der Waals surface area contributed by atoms with Gasteiger partial charge in [0.15, 0.2) is 0 Å². The first-order chi connectivity index (χ1) is 12.6. The van der Waals surface area contributed by atoms with Gasteiger partial charge in [0.25, 0.3) is 5.91 Å². The van der Waals surface area contributed by atoms with Crippen molar-refractivity contribution in [1.29, 1.82) is 0 Å². The Kier molecular flexibility index (Phi) is 4.22. The van der Waals surface area contributed by atoms with Crippen molar-refractivity contribution in [2.45, 2.75) is 6.17 Å². The number of hydrogen-bond acceptors (Lipinski definition) is 5. The molecule has 132 valence electrons. The monoisotopic (exact) mass is 371 g/mol. The SMILES string of the molecule is O=C(NC1=CCNC=C1)C1=CNC2C=CC(c3cccc(F)c3Cl)=NN12. The average Bonchev–Trinajstić information content (AvgIpc) is 3.08. The third-order valence-electron chi connectivity index (χ3n) is 4.09. The zero-order valence-electron chi connectivity index (χ0n) is 13.5. The van der Waals surface area contributed by atoms with Crippen LogP contribution in [0.5, 0.6) is 0 Å². The van der Waals surface area contributed by atoms with E-state index in [0.717, 1.165) is 0 Å². The number of hydrogen-bond donors (Lipinski definition) is 3. The molecule has 4 rings (SSSR count). The summed E-state index contributed by atoms with van der Waals surface area (Å²) < 4.78 is 13.7. The van der Waals surface area contributed by atoms with Crippen molar-refractivity contribution in [1.82, 2.24) is 21.0 Å². The van der Waals surface area contributed by atoms with Crippen molar-refractivity contribution in [2.75, 3.05) is 6.54 Å². The maximum absolute atomic E-state index is 13.7. The minimum absolute atomic E-state index is 0.00138. The summed E-state index contributed by atoms with van der Waals surface area (Å²) in [6.45, 7) is 0.652. The van der Waals surface area contributed by atoms with Gasteiger partial charge >= 0.3 is 0 Å². The van der Waals surface area contributed by atoms with Gasteiger partial charge in [0.2, 0.25) is 0 Å². The quantitative estimate of drug-likeness (QED) is 0.759. The summed E-state index contributed by atoms with van der Waals surface area (Å²) in [5.41, 5.74) is 2.02. The first-order valence-electron chi connectivity index (χ1n) is 8.01. The number of amides is 1. The minimum atomic E-state index is -0.514. The topological polar surface area (TPSA) is 68.8 Å². The van der Waals surface area contributed by atoms with Crippen molar-refractivity contribution >= 4 is 23.2 Å². The molecule has 0 saturated carbocycles. The lowest BCUT2D eigenvalue weighted by Crippen LogP contribution is -2.38. The fourth-order valence-electron chi connectivity index (χ4n) is 2.79. The molecule has 1 unspecified atom stereocenters. The van der Waals surface area contributed by atoms with Crippen LogP contribution in [0.1, 0.15) is 5.56 Å². The fourth-order valence-corrected chi connectivity index (χ4v) is 3.01. The van der Waals surface area contributed by atoms with Gasteiger partial charge in [-0.1, -0.05) is 23.7 Å². The van der Waals surface area contributed by atoms with Gasteiger partial charge in [0, 0.05) is 24.0 Å². The molecule has 0 saturated heterocycles. The standard InChI is InChI=1S/C18H15ClFN5O/c19-17-12(2-1-3-13(17)20)14-4-5-16-22-10-15(25(16)24-14)18(26)23-11-6-8-21-9-7-11/h1-8,10,16,21-22H,9H2,(H,23,26). The van der Waals surface area contributed by atoms with E-state index in [1.807, 2.05) is 12.2 Å². The van der Waals surface area contributed by atoms with Gasteiger partial charge in [-0.15, -0.1) is 0 Å². The minimum Gasteiger partial charge on any atom is -0.387 e. The number of fused-ring (bicyclic) bond motifs is 1. The zero-order valence-corrected chi connectivity index (χ0v) is 14.3. The molecule has 0 aliphatic carbocycles. The number of nitrogens with zero attached hydrogens (tertiary/aromatic N) is 2. The van der Waals surface area contributed by atoms with E-state index in [-0.39, 0.29) is 17.1 Å². The van der Waals surface area contributed by atoms with Crippen LogP contribution in [0.4, 0.5) is 4.39 Å². The summed E-state index contributed by atoms with van der Waals surface area (Å²) >= 11 is 6.06. The molecular weight excluding hydrogens is 357 g/mol. The Balaban J connectivity index is 1.58. The van der Waals surface area contributed by atoms with Gasteiger partial charge < -0.3 is 16.0 Å². The van der Waals surface area contributed by atoms with E-state index in [2.05, 4.69) is 21.1 Å². The molecule has 0 bridgehead atoms. The van der Waals surface area contributed by atoms with Gasteiger partial charge in [0.05, 0.1) is 10.7 Å². The first kappa shape index (κ1) is 16.4. The van der Waals surface area contributed by atoms with Gasteiger partial charge in [-0.05, 0) is 36.6 Å². The predicted molar refractivity (Wildman–Crippen MR) is 97.3 cm³/mol. The molecule has 1 aromatic carbocycles. The van der Waals surface area contributed by atoms with Crippen LogP contribution < -0.4 is 16.0 Å². The largest absolute Gasteiger partial charge is 0.387 e. The molecule has 3 N–H and O–H groups in total. The van der Waals surface area contributed by atoms with Crippen molar-refractivity contribution < 1.29 is 9.18 Å². The second-order valence-electron chi connectivity index (χ2n) is 5.79. The average molecular weight is 372 g/mol. The highest BCUT2D eigenvalue weighted by Crippen LogP contribution is 2.26. The van der Waals surface area contributed by atoms with E-state index in [1.165, 1.54) is 6.07 Å². The highest BCUT2D eigenvalue weighted by atomic mass is 35.5. The summed E-state index contributed by atoms with van der Waals surface area (Å²) in [5.74, 6) is -0.804. The molecule has 1 aromatic rings. The van der Waals surface area contributed by atoms with Crippen LogP contribution in [0, 0.1) is 5.82 Å². The van der Waals surface area contributed by atoms with Crippen LogP contribution in [-0.2, 0) is 4.79 Å². The molecule has 3 heterocycles. The Bertz CT molecular complexity index is 918. The van der Waals surface area contributed by atoms with Crippen LogP contribution >= 0.6 is 11.6 Å². The molecule has 6 nitrogen and oxygen atoms in total. The molecule has 0 aromatic heterocycles. The fraction of sp³-hybridized carbons (Fsp3) is 0.111. The molecule has 1 amide bonds. The molecule has 0 spiro atoms. The number of carbonyl (C=O) groups is 1. The van der Waals surface area contributed by atoms with Crippen LogP contribution in [0.25, 0.3) is 0 Å². The number of hydrazone groups is 1. The summed E-state index contributed by atoms with van der Waals surface area (Å²) in [4.78, 5) is 12.6. The van der Waals surface area contributed by atoms with Crippen molar-refractivity contribution in [3.8, 4) is 0 Å². The van der Waals surface area contributed by atoms with E-state index in [9.17, 15) is 9.18 Å². The number of allylic oxidation sites excluding steroid dienone is 2. The third-order valence-corrected chi connectivity index (χ3v) is 4.48. The molecule has 8 heteroatoms. The number of nitrogens with one attached hydrogen (secondary N) is 3. The van der Waals surface area contributed by atoms with E-state index in [1.54, 1.807) is 41.7 Å². The lowest BCUT2D eigenvalue weighted by Gasteiger charge is -2.26. The Hall–Kier alpha value is -3.06. The normalized spacial score (nSPS) is 20.5. The lowest BCUT2D eigenvalue weighted by atomic mass is 10.1. The van der Waals surface area contributed by atoms with Crippen molar-refractivity contribution in [3.05, 3.63) is 82.7 Å². The van der Waals surface area contributed by atoms with Gasteiger partial charge in [-0.25, -0.2) is 9.40 Å². The van der Waals surface area contributed by atoms with Gasteiger partial charge in [-0.2, -0.15) is 5.10 Å². The zero-order chi connectivity index (χ0) is 18.1. The van der Waals surface area contributed by atoms with E-state index in [4.69, 9.17) is 11.6 Å². The van der Waals surface area contributed by atoms with Crippen LogP contribution in [0.15, 0.2) is 71.4 Å². The summed E-state index contributed by atoms with van der Waals surface area (Å²) in [6.07, 6.45) is 10.3. The molecule has 26 heavy (non-hydrogen) atoms. The Morgan fingerprint density at radius 1 is 1.38 bits per heavy atom. The number of dihydropyridines is 1. The van der Waals surface area contributed by atoms with Crippen molar-refractivity contribution in [3.63, 3.8) is 0 Å². The second kappa shape index (κ2) is 6.68. The Labute approximate surface area is 154 Å². The number of rotatable bonds is 3. The van der Waals surface area contributed by atoms with Gasteiger partial charge in [0.1, 0.15) is 17.7 Å². The Morgan fingerprint density at radius 2 is 2.27 bits per heavy atom. The van der Waals surface area contributed by atoms with Crippen LogP contribution in [0.2, 0.25) is 5.02 Å². The first-order valence-corrected chi connectivity index (χ1v) is 8.39. The van der Waals surface area contributed by atoms with Crippen LogP contribution in [0.3, 0.4) is 0 Å². The molecular formula is C18H15ClFN5O. The summed E-state index contributed by atoms with van der Waals surface area (Å²) in [6, 6.07) is 4.55. The Morgan fingerprint density at radius 3 is 3.08 bits per heavy atom. The lowest BCUT2D eigenvalue weighted by molar-refractivity contribution is -0.118. The second-order valence-corrected chi connectivity index (χ2v) is 6.16. The number of benzene rings is 1. The number of halogens is 2.